The molecule has 8 heteroatoms. The molecular formula is C16H24IN3O4. The van der Waals surface area contributed by atoms with Crippen LogP contribution < -0.4 is 10.2 Å². The minimum Gasteiger partial charge on any atom is -0.444 e. The minimum absolute atomic E-state index is 0.0166. The summed E-state index contributed by atoms with van der Waals surface area (Å²) in [5.74, 6) is 0.719. The monoisotopic (exact) mass is 449 g/mol. The van der Waals surface area contributed by atoms with E-state index in [4.69, 9.17) is 4.74 Å². The molecule has 2 rings (SSSR count). The molecule has 2 heterocycles. The molecular weight excluding hydrogens is 425 g/mol. The Hall–Kier alpha value is -1.13. The van der Waals surface area contributed by atoms with E-state index in [-0.39, 0.29) is 12.6 Å². The number of ether oxygens (including phenoxy) is 1. The highest BCUT2D eigenvalue weighted by molar-refractivity contribution is 14.1. The summed E-state index contributed by atoms with van der Waals surface area (Å²) in [6, 6.07) is 1.78. The van der Waals surface area contributed by atoms with Gasteiger partial charge in [0.15, 0.2) is 0 Å². The van der Waals surface area contributed by atoms with Gasteiger partial charge in [0.05, 0.1) is 18.8 Å². The first-order valence-corrected chi connectivity index (χ1v) is 8.94. The molecule has 2 atom stereocenters. The standard InChI is InChI=1S/C16H24IN3O4/c1-16(2,3)24-15(23)19-7-10-6-18-14(5-13(10)17)20-8-12(22)4-11(20)9-21/h5-6,11-12,21-22H,4,7-9H2,1-3H3,(H,19,23)/t11-,12+/m1/s1. The van der Waals surface area contributed by atoms with Crippen molar-refractivity contribution in [1.29, 1.82) is 0 Å². The third-order valence-electron chi connectivity index (χ3n) is 3.63. The molecule has 0 aromatic carbocycles. The maximum atomic E-state index is 11.7. The second-order valence-electron chi connectivity index (χ2n) is 6.87. The lowest BCUT2D eigenvalue weighted by Crippen LogP contribution is -2.33. The van der Waals surface area contributed by atoms with Crippen molar-refractivity contribution >= 4 is 34.5 Å². The molecule has 1 aromatic heterocycles. The molecule has 0 radical (unpaired) electrons. The largest absolute Gasteiger partial charge is 0.444 e. The van der Waals surface area contributed by atoms with Crippen LogP contribution in [0, 0.1) is 3.57 Å². The number of hydrogen-bond acceptors (Lipinski definition) is 6. The number of alkyl carbamates (subject to hydrolysis) is 1. The van der Waals surface area contributed by atoms with Crippen LogP contribution in [0.15, 0.2) is 12.3 Å². The Bertz CT molecular complexity index is 591. The lowest BCUT2D eigenvalue weighted by molar-refractivity contribution is 0.0523. The van der Waals surface area contributed by atoms with E-state index in [0.29, 0.717) is 19.5 Å². The van der Waals surface area contributed by atoms with Crippen LogP contribution >= 0.6 is 22.6 Å². The number of carbonyl (C=O) groups is 1. The molecule has 0 saturated carbocycles. The summed E-state index contributed by atoms with van der Waals surface area (Å²) in [6.45, 7) is 6.21. The van der Waals surface area contributed by atoms with Crippen LogP contribution in [-0.4, -0.2) is 52.2 Å². The van der Waals surface area contributed by atoms with Crippen LogP contribution in [-0.2, 0) is 11.3 Å². The Morgan fingerprint density at radius 2 is 2.25 bits per heavy atom. The lowest BCUT2D eigenvalue weighted by atomic mass is 10.2. The molecule has 1 aromatic rings. The van der Waals surface area contributed by atoms with Crippen molar-refractivity contribution in [3.8, 4) is 0 Å². The summed E-state index contributed by atoms with van der Waals surface area (Å²) in [5, 5.41) is 21.9. The molecule has 1 aliphatic heterocycles. The van der Waals surface area contributed by atoms with E-state index in [1.807, 2.05) is 31.7 Å². The molecule has 1 aliphatic rings. The van der Waals surface area contributed by atoms with Gasteiger partial charge in [-0.05, 0) is 55.8 Å². The highest BCUT2D eigenvalue weighted by atomic mass is 127. The molecule has 1 fully saturated rings. The number of aromatic nitrogens is 1. The lowest BCUT2D eigenvalue weighted by Gasteiger charge is -2.24. The summed E-state index contributed by atoms with van der Waals surface area (Å²) in [7, 11) is 0. The van der Waals surface area contributed by atoms with Gasteiger partial charge in [-0.3, -0.25) is 0 Å². The van der Waals surface area contributed by atoms with Crippen LogP contribution in [0.4, 0.5) is 10.6 Å². The first-order chi connectivity index (χ1) is 11.2. The highest BCUT2D eigenvalue weighted by Gasteiger charge is 2.31. The fourth-order valence-corrected chi connectivity index (χ4v) is 3.17. The van der Waals surface area contributed by atoms with Gasteiger partial charge in [-0.25, -0.2) is 9.78 Å². The van der Waals surface area contributed by atoms with E-state index < -0.39 is 17.8 Å². The molecule has 3 N–H and O–H groups in total. The first kappa shape index (κ1) is 19.2. The number of halogens is 1. The number of nitrogens with one attached hydrogen (secondary N) is 1. The number of nitrogens with zero attached hydrogens (tertiary/aromatic N) is 2. The quantitative estimate of drug-likeness (QED) is 0.606. The van der Waals surface area contributed by atoms with Gasteiger partial charge in [-0.15, -0.1) is 0 Å². The third-order valence-corrected chi connectivity index (χ3v) is 4.64. The molecule has 1 saturated heterocycles. The van der Waals surface area contributed by atoms with E-state index in [0.717, 1.165) is 15.0 Å². The average molecular weight is 449 g/mol. The smallest absolute Gasteiger partial charge is 0.407 e. The van der Waals surface area contributed by atoms with Gasteiger partial charge in [-0.2, -0.15) is 0 Å². The predicted molar refractivity (Wildman–Crippen MR) is 98.9 cm³/mol. The predicted octanol–water partition coefficient (Wildman–Crippen LogP) is 1.64. The van der Waals surface area contributed by atoms with E-state index >= 15 is 0 Å². The number of pyridine rings is 1. The summed E-state index contributed by atoms with van der Waals surface area (Å²) < 4.78 is 6.16. The average Bonchev–Trinajstić information content (AvgIpc) is 2.85. The molecule has 0 unspecified atom stereocenters. The molecule has 0 bridgehead atoms. The Balaban J connectivity index is 2.01. The van der Waals surface area contributed by atoms with Crippen molar-refractivity contribution in [1.82, 2.24) is 10.3 Å². The zero-order valence-electron chi connectivity index (χ0n) is 14.1. The molecule has 0 aliphatic carbocycles. The summed E-state index contributed by atoms with van der Waals surface area (Å²) in [5.41, 5.74) is 0.348. The Kier molecular flexibility index (Phi) is 6.27. The summed E-state index contributed by atoms with van der Waals surface area (Å²) >= 11 is 2.19. The Labute approximate surface area is 155 Å². The number of amides is 1. The Morgan fingerprint density at radius 1 is 1.54 bits per heavy atom. The van der Waals surface area contributed by atoms with Crippen LogP contribution in [0.25, 0.3) is 0 Å². The van der Waals surface area contributed by atoms with Crippen molar-refractivity contribution in [2.24, 2.45) is 0 Å². The minimum atomic E-state index is -0.532. The van der Waals surface area contributed by atoms with Crippen LogP contribution in [0.1, 0.15) is 32.8 Å². The number of anilines is 1. The number of rotatable bonds is 4. The van der Waals surface area contributed by atoms with Crippen molar-refractivity contribution in [2.45, 2.75) is 51.5 Å². The SMILES string of the molecule is CC(C)(C)OC(=O)NCc1cnc(N2C[C@@H](O)C[C@@H]2CO)cc1I. The third kappa shape index (κ3) is 5.18. The van der Waals surface area contributed by atoms with E-state index in [1.54, 1.807) is 6.20 Å². The van der Waals surface area contributed by atoms with Gasteiger partial charge in [0.1, 0.15) is 11.4 Å². The number of hydrogen-bond donors (Lipinski definition) is 3. The van der Waals surface area contributed by atoms with Gasteiger partial charge in [-0.1, -0.05) is 0 Å². The summed E-state index contributed by atoms with van der Waals surface area (Å²) in [4.78, 5) is 18.0. The van der Waals surface area contributed by atoms with Crippen molar-refractivity contribution in [3.63, 3.8) is 0 Å². The van der Waals surface area contributed by atoms with Crippen molar-refractivity contribution in [3.05, 3.63) is 21.4 Å². The maximum absolute atomic E-state index is 11.7. The van der Waals surface area contributed by atoms with E-state index in [1.165, 1.54) is 0 Å². The van der Waals surface area contributed by atoms with Gasteiger partial charge in [0.2, 0.25) is 0 Å². The van der Waals surface area contributed by atoms with Crippen LogP contribution in [0.5, 0.6) is 0 Å². The molecule has 0 spiro atoms. The van der Waals surface area contributed by atoms with Gasteiger partial charge < -0.3 is 25.2 Å². The second kappa shape index (κ2) is 7.83. The Morgan fingerprint density at radius 3 is 2.83 bits per heavy atom. The normalized spacial score (nSPS) is 21.0. The number of aliphatic hydroxyl groups is 2. The van der Waals surface area contributed by atoms with Crippen molar-refractivity contribution in [2.75, 3.05) is 18.1 Å². The molecule has 134 valence electrons. The van der Waals surface area contributed by atoms with Gasteiger partial charge >= 0.3 is 6.09 Å². The molecule has 1 amide bonds. The van der Waals surface area contributed by atoms with Gasteiger partial charge in [0, 0.05) is 28.4 Å². The highest BCUT2D eigenvalue weighted by Crippen LogP contribution is 2.26. The van der Waals surface area contributed by atoms with Crippen LogP contribution in [0.3, 0.4) is 0 Å². The molecule has 24 heavy (non-hydrogen) atoms. The molecule has 7 nitrogen and oxygen atoms in total. The zero-order valence-corrected chi connectivity index (χ0v) is 16.3. The second-order valence-corrected chi connectivity index (χ2v) is 8.03. The topological polar surface area (TPSA) is 94.9 Å². The number of aliphatic hydroxyl groups excluding tert-OH is 2. The summed E-state index contributed by atoms with van der Waals surface area (Å²) in [6.07, 6.45) is 1.32. The van der Waals surface area contributed by atoms with Crippen molar-refractivity contribution < 1.29 is 19.7 Å². The maximum Gasteiger partial charge on any atom is 0.407 e. The first-order valence-electron chi connectivity index (χ1n) is 7.86. The van der Waals surface area contributed by atoms with E-state index in [2.05, 4.69) is 32.9 Å². The fourth-order valence-electron chi connectivity index (χ4n) is 2.56. The fraction of sp³-hybridized carbons (Fsp3) is 0.625. The van der Waals surface area contributed by atoms with E-state index in [9.17, 15) is 15.0 Å². The van der Waals surface area contributed by atoms with Gasteiger partial charge in [0.25, 0.3) is 0 Å². The number of carbonyl (C=O) groups excluding carboxylic acids is 1. The van der Waals surface area contributed by atoms with Crippen LogP contribution in [0.2, 0.25) is 0 Å². The zero-order chi connectivity index (χ0) is 17.9. The number of β-amino-alcohol motifs (C(OH)–C–C–N with tert-alkyl or cyclic N) is 1.